The molecule has 4 nitrogen and oxygen atoms in total. The summed E-state index contributed by atoms with van der Waals surface area (Å²) >= 11 is 0. The predicted octanol–water partition coefficient (Wildman–Crippen LogP) is 2.09. The highest BCUT2D eigenvalue weighted by Gasteiger charge is 2.45. The van der Waals surface area contributed by atoms with E-state index in [2.05, 4.69) is 0 Å². The molecule has 1 aromatic rings. The van der Waals surface area contributed by atoms with Gasteiger partial charge in [-0.1, -0.05) is 30.3 Å². The van der Waals surface area contributed by atoms with E-state index in [1.807, 2.05) is 47.2 Å². The van der Waals surface area contributed by atoms with E-state index < -0.39 is 0 Å². The van der Waals surface area contributed by atoms with Crippen LogP contribution in [0.2, 0.25) is 0 Å². The van der Waals surface area contributed by atoms with Crippen LogP contribution in [0.3, 0.4) is 0 Å². The number of carbonyl (C=O) groups excluding carboxylic acids is 2. The predicted molar refractivity (Wildman–Crippen MR) is 85.3 cm³/mol. The van der Waals surface area contributed by atoms with Gasteiger partial charge in [-0.05, 0) is 31.2 Å². The number of nitrogens with zero attached hydrogens (tertiary/aromatic N) is 2. The van der Waals surface area contributed by atoms with Crippen molar-refractivity contribution in [3.05, 3.63) is 35.9 Å². The van der Waals surface area contributed by atoms with Crippen LogP contribution in [-0.4, -0.2) is 48.3 Å². The molecule has 1 aromatic carbocycles. The minimum atomic E-state index is -0.198. The summed E-state index contributed by atoms with van der Waals surface area (Å²) in [5.41, 5.74) is 0.861. The Morgan fingerprint density at radius 2 is 1.82 bits per heavy atom. The molecule has 2 fully saturated rings. The van der Waals surface area contributed by atoms with Gasteiger partial charge in [-0.2, -0.15) is 0 Å². The lowest BCUT2D eigenvalue weighted by Gasteiger charge is -2.25. The quantitative estimate of drug-likeness (QED) is 0.839. The van der Waals surface area contributed by atoms with Crippen LogP contribution in [0, 0.1) is 5.41 Å². The third-order valence-electron chi connectivity index (χ3n) is 5.22. The standard InChI is InChI=1S/C18H24N2O2/c1-19-12-9-18(17(19)22)8-5-11-20(13-10-18)16(21)14-15-6-3-2-4-7-15/h2-4,6-7H,5,8-14H2,1H3/t18-/m1/s1. The maximum Gasteiger partial charge on any atom is 0.228 e. The SMILES string of the molecule is CN1CC[C@@]2(CCCN(C(=O)Cc3ccccc3)CC2)C1=O. The highest BCUT2D eigenvalue weighted by molar-refractivity contribution is 5.85. The maximum absolute atomic E-state index is 12.5. The Balaban J connectivity index is 1.63. The molecule has 0 bridgehead atoms. The third kappa shape index (κ3) is 2.87. The largest absolute Gasteiger partial charge is 0.345 e. The molecule has 0 radical (unpaired) electrons. The van der Waals surface area contributed by atoms with Crippen molar-refractivity contribution in [3.8, 4) is 0 Å². The Morgan fingerprint density at radius 1 is 1.09 bits per heavy atom. The van der Waals surface area contributed by atoms with E-state index in [-0.39, 0.29) is 17.2 Å². The van der Waals surface area contributed by atoms with Crippen LogP contribution in [0.25, 0.3) is 0 Å². The number of rotatable bonds is 2. The summed E-state index contributed by atoms with van der Waals surface area (Å²) in [7, 11) is 1.89. The monoisotopic (exact) mass is 300 g/mol. The molecule has 0 N–H and O–H groups in total. The molecule has 0 aromatic heterocycles. The number of hydrogen-bond acceptors (Lipinski definition) is 2. The molecule has 2 aliphatic rings. The number of carbonyl (C=O) groups is 2. The van der Waals surface area contributed by atoms with Gasteiger partial charge in [0.25, 0.3) is 0 Å². The van der Waals surface area contributed by atoms with E-state index >= 15 is 0 Å². The van der Waals surface area contributed by atoms with E-state index in [0.29, 0.717) is 13.0 Å². The van der Waals surface area contributed by atoms with E-state index in [0.717, 1.165) is 44.3 Å². The maximum atomic E-state index is 12.5. The number of hydrogen-bond donors (Lipinski definition) is 0. The number of amides is 2. The molecule has 2 amide bonds. The Bertz CT molecular complexity index is 557. The van der Waals surface area contributed by atoms with Crippen LogP contribution in [0.1, 0.15) is 31.2 Å². The first-order chi connectivity index (χ1) is 10.6. The Hall–Kier alpha value is -1.84. The topological polar surface area (TPSA) is 40.6 Å². The second-order valence-electron chi connectivity index (χ2n) is 6.65. The fourth-order valence-corrected chi connectivity index (χ4v) is 3.78. The summed E-state index contributed by atoms with van der Waals surface area (Å²) in [6.07, 6.45) is 4.08. The van der Waals surface area contributed by atoms with Crippen molar-refractivity contribution in [1.82, 2.24) is 9.80 Å². The summed E-state index contributed by atoms with van der Waals surface area (Å²) in [4.78, 5) is 28.7. The zero-order valence-corrected chi connectivity index (χ0v) is 13.3. The van der Waals surface area contributed by atoms with E-state index in [1.54, 1.807) is 0 Å². The van der Waals surface area contributed by atoms with Gasteiger partial charge >= 0.3 is 0 Å². The Kier molecular flexibility index (Phi) is 4.19. The second-order valence-corrected chi connectivity index (χ2v) is 6.65. The van der Waals surface area contributed by atoms with Crippen LogP contribution >= 0.6 is 0 Å². The van der Waals surface area contributed by atoms with Crippen molar-refractivity contribution in [2.75, 3.05) is 26.7 Å². The average Bonchev–Trinajstić information content (AvgIpc) is 2.71. The van der Waals surface area contributed by atoms with Gasteiger partial charge in [0.15, 0.2) is 0 Å². The normalized spacial score (nSPS) is 25.6. The second kappa shape index (κ2) is 6.11. The highest BCUT2D eigenvalue weighted by Crippen LogP contribution is 2.40. The lowest BCUT2D eigenvalue weighted by atomic mass is 9.79. The molecule has 0 saturated carbocycles. The van der Waals surface area contributed by atoms with Crippen molar-refractivity contribution in [3.63, 3.8) is 0 Å². The molecule has 0 aliphatic carbocycles. The summed E-state index contributed by atoms with van der Waals surface area (Å²) in [6, 6.07) is 9.88. The first kappa shape index (κ1) is 15.1. The number of benzene rings is 1. The summed E-state index contributed by atoms with van der Waals surface area (Å²) in [5.74, 6) is 0.465. The van der Waals surface area contributed by atoms with Gasteiger partial charge < -0.3 is 9.80 Å². The molecule has 0 unspecified atom stereocenters. The highest BCUT2D eigenvalue weighted by atomic mass is 16.2. The first-order valence-corrected chi connectivity index (χ1v) is 8.18. The molecule has 2 aliphatic heterocycles. The zero-order chi connectivity index (χ0) is 15.6. The van der Waals surface area contributed by atoms with Crippen LogP contribution in [0.4, 0.5) is 0 Å². The molecule has 4 heteroatoms. The Morgan fingerprint density at radius 3 is 2.50 bits per heavy atom. The summed E-state index contributed by atoms with van der Waals surface area (Å²) in [5, 5.41) is 0. The fraction of sp³-hybridized carbons (Fsp3) is 0.556. The summed E-state index contributed by atoms with van der Waals surface area (Å²) in [6.45, 7) is 2.35. The molecule has 2 saturated heterocycles. The van der Waals surface area contributed by atoms with E-state index in [9.17, 15) is 9.59 Å². The van der Waals surface area contributed by atoms with Crippen molar-refractivity contribution in [1.29, 1.82) is 0 Å². The molecule has 22 heavy (non-hydrogen) atoms. The van der Waals surface area contributed by atoms with Crippen molar-refractivity contribution in [2.45, 2.75) is 32.1 Å². The van der Waals surface area contributed by atoms with Crippen LogP contribution in [0.15, 0.2) is 30.3 Å². The molecule has 2 heterocycles. The molecular weight excluding hydrogens is 276 g/mol. The first-order valence-electron chi connectivity index (χ1n) is 8.18. The zero-order valence-electron chi connectivity index (χ0n) is 13.3. The van der Waals surface area contributed by atoms with Crippen molar-refractivity contribution in [2.24, 2.45) is 5.41 Å². The summed E-state index contributed by atoms with van der Waals surface area (Å²) < 4.78 is 0. The molecule has 1 atom stereocenters. The lowest BCUT2D eigenvalue weighted by Crippen LogP contribution is -2.36. The fourth-order valence-electron chi connectivity index (χ4n) is 3.78. The molecular formula is C18H24N2O2. The van der Waals surface area contributed by atoms with Crippen molar-refractivity contribution >= 4 is 11.8 Å². The van der Waals surface area contributed by atoms with Gasteiger partial charge in [0, 0.05) is 26.7 Å². The van der Waals surface area contributed by atoms with Crippen LogP contribution in [-0.2, 0) is 16.0 Å². The lowest BCUT2D eigenvalue weighted by molar-refractivity contribution is -0.136. The van der Waals surface area contributed by atoms with E-state index in [1.165, 1.54) is 0 Å². The molecule has 1 spiro atoms. The van der Waals surface area contributed by atoms with Gasteiger partial charge in [-0.15, -0.1) is 0 Å². The number of likely N-dealkylation sites (tertiary alicyclic amines) is 2. The van der Waals surface area contributed by atoms with Gasteiger partial charge in [-0.3, -0.25) is 9.59 Å². The van der Waals surface area contributed by atoms with Gasteiger partial charge in [0.2, 0.25) is 11.8 Å². The molecule has 3 rings (SSSR count). The van der Waals surface area contributed by atoms with Gasteiger partial charge in [-0.25, -0.2) is 0 Å². The molecule has 118 valence electrons. The van der Waals surface area contributed by atoms with Crippen molar-refractivity contribution < 1.29 is 9.59 Å². The van der Waals surface area contributed by atoms with Crippen LogP contribution < -0.4 is 0 Å². The van der Waals surface area contributed by atoms with Crippen LogP contribution in [0.5, 0.6) is 0 Å². The van der Waals surface area contributed by atoms with Gasteiger partial charge in [0.05, 0.1) is 11.8 Å². The van der Waals surface area contributed by atoms with E-state index in [4.69, 9.17) is 0 Å². The third-order valence-corrected chi connectivity index (χ3v) is 5.22. The van der Waals surface area contributed by atoms with Gasteiger partial charge in [0.1, 0.15) is 0 Å². The average molecular weight is 300 g/mol. The Labute approximate surface area is 132 Å². The smallest absolute Gasteiger partial charge is 0.228 e. The minimum absolute atomic E-state index is 0.182. The minimum Gasteiger partial charge on any atom is -0.345 e.